The number of phenolic OH excluding ortho intramolecular Hbond substituents is 1. The number of nitrogens with zero attached hydrogens (tertiary/aromatic N) is 1. The van der Waals surface area contributed by atoms with E-state index in [1.807, 2.05) is 12.1 Å². The number of H-pyrrole nitrogens is 1. The monoisotopic (exact) mass is 230 g/mol. The molecule has 2 N–H and O–H groups in total. The van der Waals surface area contributed by atoms with Crippen LogP contribution < -0.4 is 0 Å². The third kappa shape index (κ3) is 2.15. The SMILES string of the molecule is Oc1cccc2cc(CN3CCCCC3)[nH]c12. The molecule has 3 nitrogen and oxygen atoms in total. The number of likely N-dealkylation sites (tertiary alicyclic amines) is 1. The van der Waals surface area contributed by atoms with Gasteiger partial charge in [-0.1, -0.05) is 18.6 Å². The molecule has 0 radical (unpaired) electrons. The second-order valence-corrected chi connectivity index (χ2v) is 4.87. The van der Waals surface area contributed by atoms with E-state index in [1.54, 1.807) is 6.07 Å². The summed E-state index contributed by atoms with van der Waals surface area (Å²) in [6.07, 6.45) is 3.99. The molecular formula is C14H18N2O. The highest BCUT2D eigenvalue weighted by Gasteiger charge is 2.12. The Morgan fingerprint density at radius 3 is 2.76 bits per heavy atom. The Balaban J connectivity index is 1.83. The smallest absolute Gasteiger partial charge is 0.139 e. The molecule has 0 atom stereocenters. The number of nitrogens with one attached hydrogen (secondary N) is 1. The Morgan fingerprint density at radius 1 is 1.18 bits per heavy atom. The van der Waals surface area contributed by atoms with E-state index in [0.717, 1.165) is 17.4 Å². The lowest BCUT2D eigenvalue weighted by molar-refractivity contribution is 0.219. The van der Waals surface area contributed by atoms with Crippen molar-refractivity contribution >= 4 is 10.9 Å². The Labute approximate surface area is 101 Å². The van der Waals surface area contributed by atoms with Gasteiger partial charge in [-0.2, -0.15) is 0 Å². The van der Waals surface area contributed by atoms with Gasteiger partial charge in [0.1, 0.15) is 5.75 Å². The molecule has 1 saturated heterocycles. The lowest BCUT2D eigenvalue weighted by atomic mass is 10.1. The van der Waals surface area contributed by atoms with Gasteiger partial charge in [-0.05, 0) is 38.1 Å². The van der Waals surface area contributed by atoms with Crippen LogP contribution in [0.5, 0.6) is 5.75 Å². The van der Waals surface area contributed by atoms with Crippen LogP contribution in [0.25, 0.3) is 10.9 Å². The van der Waals surface area contributed by atoms with Crippen LogP contribution in [0.1, 0.15) is 25.0 Å². The second-order valence-electron chi connectivity index (χ2n) is 4.87. The van der Waals surface area contributed by atoms with Crippen LogP contribution in [0.2, 0.25) is 0 Å². The number of phenols is 1. The molecule has 3 rings (SSSR count). The fourth-order valence-electron chi connectivity index (χ4n) is 2.64. The van der Waals surface area contributed by atoms with Crippen LogP contribution in [-0.4, -0.2) is 28.1 Å². The molecule has 2 aromatic rings. The minimum Gasteiger partial charge on any atom is -0.506 e. The summed E-state index contributed by atoms with van der Waals surface area (Å²) < 4.78 is 0. The zero-order chi connectivity index (χ0) is 11.7. The number of aromatic nitrogens is 1. The van der Waals surface area contributed by atoms with Crippen LogP contribution in [0.4, 0.5) is 0 Å². The van der Waals surface area contributed by atoms with E-state index in [4.69, 9.17) is 0 Å². The van der Waals surface area contributed by atoms with Crippen molar-refractivity contribution in [2.45, 2.75) is 25.8 Å². The van der Waals surface area contributed by atoms with Gasteiger partial charge in [-0.3, -0.25) is 4.90 Å². The number of aromatic amines is 1. The standard InChI is InChI=1S/C14H18N2O/c17-13-6-4-5-11-9-12(15-14(11)13)10-16-7-2-1-3-8-16/h4-6,9,15,17H,1-3,7-8,10H2. The average molecular weight is 230 g/mol. The van der Waals surface area contributed by atoms with Gasteiger partial charge in [0.15, 0.2) is 0 Å². The van der Waals surface area contributed by atoms with Crippen LogP contribution in [0.15, 0.2) is 24.3 Å². The van der Waals surface area contributed by atoms with E-state index in [0.29, 0.717) is 5.75 Å². The predicted octanol–water partition coefficient (Wildman–Crippen LogP) is 2.86. The van der Waals surface area contributed by atoms with Crippen molar-refractivity contribution in [1.82, 2.24) is 9.88 Å². The van der Waals surface area contributed by atoms with Gasteiger partial charge in [0.05, 0.1) is 5.52 Å². The molecule has 90 valence electrons. The fraction of sp³-hybridized carbons (Fsp3) is 0.429. The third-order valence-corrected chi connectivity index (χ3v) is 3.53. The molecule has 17 heavy (non-hydrogen) atoms. The van der Waals surface area contributed by atoms with Gasteiger partial charge < -0.3 is 10.1 Å². The number of aromatic hydroxyl groups is 1. The van der Waals surface area contributed by atoms with E-state index in [2.05, 4.69) is 16.0 Å². The van der Waals surface area contributed by atoms with E-state index in [1.165, 1.54) is 38.0 Å². The zero-order valence-corrected chi connectivity index (χ0v) is 9.95. The van der Waals surface area contributed by atoms with Crippen molar-refractivity contribution in [2.75, 3.05) is 13.1 Å². The minimum absolute atomic E-state index is 0.340. The summed E-state index contributed by atoms with van der Waals surface area (Å²) in [5.74, 6) is 0.340. The molecule has 0 amide bonds. The number of para-hydroxylation sites is 1. The minimum atomic E-state index is 0.340. The van der Waals surface area contributed by atoms with E-state index in [9.17, 15) is 5.11 Å². The quantitative estimate of drug-likeness (QED) is 0.832. The highest BCUT2D eigenvalue weighted by Crippen LogP contribution is 2.25. The number of hydrogen-bond acceptors (Lipinski definition) is 2. The number of piperidine rings is 1. The normalized spacial score (nSPS) is 17.6. The maximum absolute atomic E-state index is 9.75. The van der Waals surface area contributed by atoms with Crippen molar-refractivity contribution in [2.24, 2.45) is 0 Å². The first-order valence-electron chi connectivity index (χ1n) is 6.35. The zero-order valence-electron chi connectivity index (χ0n) is 9.95. The lowest BCUT2D eigenvalue weighted by Crippen LogP contribution is -2.29. The fourth-order valence-corrected chi connectivity index (χ4v) is 2.64. The van der Waals surface area contributed by atoms with Crippen LogP contribution in [0.3, 0.4) is 0 Å². The van der Waals surface area contributed by atoms with Gasteiger partial charge >= 0.3 is 0 Å². The highest BCUT2D eigenvalue weighted by atomic mass is 16.3. The number of hydrogen-bond donors (Lipinski definition) is 2. The first kappa shape index (κ1) is 10.7. The summed E-state index contributed by atoms with van der Waals surface area (Å²) in [6.45, 7) is 3.36. The van der Waals surface area contributed by atoms with E-state index >= 15 is 0 Å². The van der Waals surface area contributed by atoms with E-state index < -0.39 is 0 Å². The van der Waals surface area contributed by atoms with Gasteiger partial charge in [-0.25, -0.2) is 0 Å². The van der Waals surface area contributed by atoms with Crippen molar-refractivity contribution in [3.05, 3.63) is 30.0 Å². The molecular weight excluding hydrogens is 212 g/mol. The Kier molecular flexibility index (Phi) is 2.77. The first-order valence-corrected chi connectivity index (χ1v) is 6.35. The van der Waals surface area contributed by atoms with Crippen molar-refractivity contribution < 1.29 is 5.11 Å². The Morgan fingerprint density at radius 2 is 2.00 bits per heavy atom. The van der Waals surface area contributed by atoms with E-state index in [-0.39, 0.29) is 0 Å². The Hall–Kier alpha value is -1.48. The summed E-state index contributed by atoms with van der Waals surface area (Å²) in [4.78, 5) is 5.80. The molecule has 0 spiro atoms. The highest BCUT2D eigenvalue weighted by molar-refractivity contribution is 5.85. The lowest BCUT2D eigenvalue weighted by Gasteiger charge is -2.25. The third-order valence-electron chi connectivity index (χ3n) is 3.53. The summed E-state index contributed by atoms with van der Waals surface area (Å²) in [7, 11) is 0. The van der Waals surface area contributed by atoms with Crippen LogP contribution in [0, 0.1) is 0 Å². The van der Waals surface area contributed by atoms with Crippen molar-refractivity contribution in [1.29, 1.82) is 0 Å². The second kappa shape index (κ2) is 4.41. The topological polar surface area (TPSA) is 39.3 Å². The van der Waals surface area contributed by atoms with Crippen molar-refractivity contribution in [3.8, 4) is 5.75 Å². The summed E-state index contributed by atoms with van der Waals surface area (Å²) >= 11 is 0. The molecule has 0 unspecified atom stereocenters. The number of benzene rings is 1. The summed E-state index contributed by atoms with van der Waals surface area (Å²) in [6, 6.07) is 7.79. The molecule has 3 heteroatoms. The maximum Gasteiger partial charge on any atom is 0.139 e. The number of rotatable bonds is 2. The predicted molar refractivity (Wildman–Crippen MR) is 69.1 cm³/mol. The molecule has 0 saturated carbocycles. The Bertz CT molecular complexity index is 512. The molecule has 1 aromatic carbocycles. The maximum atomic E-state index is 9.75. The van der Waals surface area contributed by atoms with Gasteiger partial charge in [0, 0.05) is 17.6 Å². The van der Waals surface area contributed by atoms with Crippen LogP contribution in [-0.2, 0) is 6.54 Å². The molecule has 0 aliphatic carbocycles. The molecule has 1 fully saturated rings. The average Bonchev–Trinajstić information content (AvgIpc) is 2.74. The molecule has 1 aliphatic heterocycles. The van der Waals surface area contributed by atoms with Gasteiger partial charge in [-0.15, -0.1) is 0 Å². The largest absolute Gasteiger partial charge is 0.506 e. The van der Waals surface area contributed by atoms with Crippen LogP contribution >= 0.6 is 0 Å². The van der Waals surface area contributed by atoms with Crippen molar-refractivity contribution in [3.63, 3.8) is 0 Å². The summed E-state index contributed by atoms with van der Waals surface area (Å²) in [5, 5.41) is 10.8. The summed E-state index contributed by atoms with van der Waals surface area (Å²) in [5.41, 5.74) is 2.06. The molecule has 1 aromatic heterocycles. The molecule has 0 bridgehead atoms. The first-order chi connectivity index (χ1) is 8.33. The van der Waals surface area contributed by atoms with Gasteiger partial charge in [0.2, 0.25) is 0 Å². The molecule has 1 aliphatic rings. The number of fused-ring (bicyclic) bond motifs is 1. The molecule has 2 heterocycles. The van der Waals surface area contributed by atoms with Gasteiger partial charge in [0.25, 0.3) is 0 Å².